The van der Waals surface area contributed by atoms with Crippen LogP contribution in [0.2, 0.25) is 0 Å². The van der Waals surface area contributed by atoms with Crippen molar-refractivity contribution in [1.82, 2.24) is 5.32 Å². The molecule has 0 aliphatic heterocycles. The number of hydrogen-bond acceptors (Lipinski definition) is 7. The molecule has 2 aromatic carbocycles. The molecule has 0 radical (unpaired) electrons. The van der Waals surface area contributed by atoms with E-state index in [2.05, 4.69) is 5.32 Å². The van der Waals surface area contributed by atoms with Crippen molar-refractivity contribution in [2.24, 2.45) is 11.1 Å². The Hall–Kier alpha value is -3.22. The maximum absolute atomic E-state index is 16.0. The van der Waals surface area contributed by atoms with Crippen LogP contribution in [0.4, 0.5) is 10.1 Å². The normalized spacial score (nSPS) is 11.5. The molecule has 0 saturated carbocycles. The van der Waals surface area contributed by atoms with Crippen molar-refractivity contribution in [2.45, 2.75) is 33.8 Å². The molecule has 0 aliphatic carbocycles. The van der Waals surface area contributed by atoms with Crippen LogP contribution in [0.3, 0.4) is 0 Å². The summed E-state index contributed by atoms with van der Waals surface area (Å²) in [6.07, 6.45) is 0.782. The molecule has 0 spiro atoms. The number of amides is 1. The van der Waals surface area contributed by atoms with E-state index in [4.69, 9.17) is 14.6 Å². The minimum atomic E-state index is -4.62. The summed E-state index contributed by atoms with van der Waals surface area (Å²) in [5.74, 6) is -2.03. The van der Waals surface area contributed by atoms with Gasteiger partial charge in [0.2, 0.25) is 0 Å². The van der Waals surface area contributed by atoms with Crippen LogP contribution >= 0.6 is 11.3 Å². The van der Waals surface area contributed by atoms with Gasteiger partial charge in [0.15, 0.2) is 5.82 Å². The highest BCUT2D eigenvalue weighted by atomic mass is 32.2. The van der Waals surface area contributed by atoms with Gasteiger partial charge >= 0.3 is 5.97 Å². The Kier molecular flexibility index (Phi) is 9.46. The summed E-state index contributed by atoms with van der Waals surface area (Å²) in [6, 6.07) is 11.8. The Morgan fingerprint density at radius 1 is 1.19 bits per heavy atom. The minimum absolute atomic E-state index is 0.00132. The fraction of sp³-hybridized carbons (Fsp3) is 0.360. The molecule has 0 saturated heterocycles. The number of carbonyl (C=O) groups excluding carboxylic acids is 2. The van der Waals surface area contributed by atoms with Crippen LogP contribution in [0, 0.1) is 11.7 Å². The molecule has 0 fully saturated rings. The van der Waals surface area contributed by atoms with Gasteiger partial charge in [0.1, 0.15) is 24.6 Å². The Morgan fingerprint density at radius 3 is 2.51 bits per heavy atom. The van der Waals surface area contributed by atoms with Crippen LogP contribution in [0.1, 0.15) is 42.4 Å². The average Bonchev–Trinajstić information content (AvgIpc) is 3.26. The van der Waals surface area contributed by atoms with Crippen LogP contribution in [-0.4, -0.2) is 40.0 Å². The standard InChI is InChI=1S/C25H30FN3O6S2/c1-4-34-22(30)14-29(37(27,32)33)24-19(35-15-17-8-6-5-7-9-17)13-20-18(23(24)26)12-21(36-20)25(31)28-11-10-16(2)3/h5-9,12-13,16H,4,10-11,14-15H2,1-3H3,(H,28,31)(H2,27,32,33). The third-order valence-corrected chi connectivity index (χ3v) is 7.31. The van der Waals surface area contributed by atoms with Crippen LogP contribution in [0.25, 0.3) is 10.1 Å². The second-order valence-electron chi connectivity index (χ2n) is 8.63. The van der Waals surface area contributed by atoms with Gasteiger partial charge in [-0.15, -0.1) is 11.3 Å². The van der Waals surface area contributed by atoms with Crippen LogP contribution < -0.4 is 19.5 Å². The Morgan fingerprint density at radius 2 is 1.89 bits per heavy atom. The van der Waals surface area contributed by atoms with E-state index in [-0.39, 0.29) is 35.1 Å². The number of hydrogen-bond donors (Lipinski definition) is 2. The van der Waals surface area contributed by atoms with Gasteiger partial charge in [-0.1, -0.05) is 44.2 Å². The number of halogens is 1. The van der Waals surface area contributed by atoms with Gasteiger partial charge in [-0.2, -0.15) is 8.42 Å². The Bertz CT molecular complexity index is 1360. The average molecular weight is 552 g/mol. The number of fused-ring (bicyclic) bond motifs is 1. The lowest BCUT2D eigenvalue weighted by atomic mass is 10.1. The highest BCUT2D eigenvalue weighted by molar-refractivity contribution is 7.90. The molecule has 0 unspecified atom stereocenters. The van der Waals surface area contributed by atoms with Crippen LogP contribution in [-0.2, 0) is 26.3 Å². The molecule has 12 heteroatoms. The molecule has 9 nitrogen and oxygen atoms in total. The van der Waals surface area contributed by atoms with Gasteiger partial charge in [-0.25, -0.2) is 13.8 Å². The molecular formula is C25H30FN3O6S2. The van der Waals surface area contributed by atoms with Crippen molar-refractivity contribution >= 4 is 49.2 Å². The molecule has 3 rings (SSSR count). The smallest absolute Gasteiger partial charge is 0.326 e. The van der Waals surface area contributed by atoms with Gasteiger partial charge in [0.05, 0.1) is 11.5 Å². The van der Waals surface area contributed by atoms with Gasteiger partial charge in [-0.05, 0) is 30.9 Å². The van der Waals surface area contributed by atoms with E-state index in [1.165, 1.54) is 12.1 Å². The van der Waals surface area contributed by atoms with Crippen molar-refractivity contribution in [2.75, 3.05) is 24.0 Å². The number of thiophene rings is 1. The zero-order chi connectivity index (χ0) is 27.2. The lowest BCUT2D eigenvalue weighted by molar-refractivity contribution is -0.141. The number of nitrogens with zero attached hydrogens (tertiary/aromatic N) is 1. The highest BCUT2D eigenvalue weighted by Gasteiger charge is 2.31. The van der Waals surface area contributed by atoms with E-state index in [0.717, 1.165) is 23.3 Å². The van der Waals surface area contributed by atoms with E-state index in [0.29, 0.717) is 21.5 Å². The van der Waals surface area contributed by atoms with E-state index in [1.54, 1.807) is 31.2 Å². The topological polar surface area (TPSA) is 128 Å². The lowest BCUT2D eigenvalue weighted by Gasteiger charge is -2.24. The van der Waals surface area contributed by atoms with E-state index < -0.39 is 34.2 Å². The number of carbonyl (C=O) groups is 2. The van der Waals surface area contributed by atoms with E-state index in [9.17, 15) is 18.0 Å². The van der Waals surface area contributed by atoms with Crippen LogP contribution in [0.15, 0.2) is 42.5 Å². The largest absolute Gasteiger partial charge is 0.487 e. The van der Waals surface area contributed by atoms with E-state index >= 15 is 4.39 Å². The maximum Gasteiger partial charge on any atom is 0.326 e. The molecular weight excluding hydrogens is 521 g/mol. The summed E-state index contributed by atoms with van der Waals surface area (Å²) >= 11 is 1.04. The van der Waals surface area contributed by atoms with Crippen molar-refractivity contribution < 1.29 is 31.9 Å². The molecule has 0 atom stereocenters. The zero-order valence-electron chi connectivity index (χ0n) is 20.8. The number of ether oxygens (including phenoxy) is 2. The predicted octanol–water partition coefficient (Wildman–Crippen LogP) is 3.97. The summed E-state index contributed by atoms with van der Waals surface area (Å²) in [4.78, 5) is 25.1. The van der Waals surface area contributed by atoms with Crippen molar-refractivity contribution in [3.05, 3.63) is 58.7 Å². The molecule has 3 aromatic rings. The molecule has 1 aromatic heterocycles. The monoisotopic (exact) mass is 551 g/mol. The molecule has 1 heterocycles. The first-order valence-corrected chi connectivity index (χ1v) is 14.0. The summed E-state index contributed by atoms with van der Waals surface area (Å²) in [7, 11) is -4.62. The second-order valence-corrected chi connectivity index (χ2v) is 11.2. The quantitative estimate of drug-likeness (QED) is 0.328. The fourth-order valence-corrected chi connectivity index (χ4v) is 5.19. The first-order chi connectivity index (χ1) is 17.5. The molecule has 3 N–H and O–H groups in total. The van der Waals surface area contributed by atoms with Crippen LogP contribution in [0.5, 0.6) is 5.75 Å². The summed E-state index contributed by atoms with van der Waals surface area (Å²) in [5, 5.41) is 8.19. The van der Waals surface area contributed by atoms with Crippen molar-refractivity contribution in [3.63, 3.8) is 0 Å². The van der Waals surface area contributed by atoms with Gasteiger partial charge in [0.25, 0.3) is 16.1 Å². The van der Waals surface area contributed by atoms with Crippen molar-refractivity contribution in [1.29, 1.82) is 0 Å². The van der Waals surface area contributed by atoms with Gasteiger partial charge < -0.3 is 14.8 Å². The highest BCUT2D eigenvalue weighted by Crippen LogP contribution is 2.41. The number of esters is 1. The third-order valence-electron chi connectivity index (χ3n) is 5.30. The first-order valence-electron chi connectivity index (χ1n) is 11.7. The van der Waals surface area contributed by atoms with Crippen molar-refractivity contribution in [3.8, 4) is 5.75 Å². The molecule has 37 heavy (non-hydrogen) atoms. The lowest BCUT2D eigenvalue weighted by Crippen LogP contribution is -2.41. The molecule has 1 amide bonds. The number of rotatable bonds is 12. The second kappa shape index (κ2) is 12.3. The number of anilines is 1. The summed E-state index contributed by atoms with van der Waals surface area (Å²) in [5.41, 5.74) is 0.210. The van der Waals surface area contributed by atoms with Gasteiger partial charge in [-0.3, -0.25) is 9.59 Å². The predicted molar refractivity (Wildman–Crippen MR) is 141 cm³/mol. The minimum Gasteiger partial charge on any atom is -0.487 e. The Labute approximate surface area is 219 Å². The number of nitrogens with one attached hydrogen (secondary N) is 1. The number of benzene rings is 2. The summed E-state index contributed by atoms with van der Waals surface area (Å²) < 4.78 is 52.4. The molecule has 0 bridgehead atoms. The number of nitrogens with two attached hydrogens (primary N) is 1. The third kappa shape index (κ3) is 7.40. The van der Waals surface area contributed by atoms with Gasteiger partial charge in [0, 0.05) is 22.7 Å². The first kappa shape index (κ1) is 28.4. The SMILES string of the molecule is CCOC(=O)CN(c1c(OCc2ccccc2)cc2sc(C(=O)NCCC(C)C)cc2c1F)S(N)(=O)=O. The summed E-state index contributed by atoms with van der Waals surface area (Å²) in [6.45, 7) is 5.21. The van der Waals surface area contributed by atoms with E-state index in [1.807, 2.05) is 19.9 Å². The Balaban J connectivity index is 2.09. The fourth-order valence-electron chi connectivity index (χ4n) is 3.48. The molecule has 200 valence electrons. The zero-order valence-corrected chi connectivity index (χ0v) is 22.5. The molecule has 0 aliphatic rings. The maximum atomic E-state index is 16.0.